The Morgan fingerprint density at radius 1 is 1.19 bits per heavy atom. The Kier molecular flexibility index (Phi) is 4.45. The van der Waals surface area contributed by atoms with Gasteiger partial charge in [0.2, 0.25) is 0 Å². The van der Waals surface area contributed by atoms with E-state index in [0.29, 0.717) is 6.04 Å². The number of thioether (sulfide) groups is 1. The molecule has 4 heteroatoms. The van der Waals surface area contributed by atoms with E-state index in [1.54, 1.807) is 0 Å². The molecule has 0 unspecified atom stereocenters. The summed E-state index contributed by atoms with van der Waals surface area (Å²) in [6.45, 7) is 2.06. The quantitative estimate of drug-likeness (QED) is 0.590. The zero-order chi connectivity index (χ0) is 14.8. The van der Waals surface area contributed by atoms with Crippen molar-refractivity contribution in [3.05, 3.63) is 40.3 Å². The fourth-order valence-corrected chi connectivity index (χ4v) is 4.35. The van der Waals surface area contributed by atoms with Gasteiger partial charge >= 0.3 is 0 Å². The van der Waals surface area contributed by atoms with E-state index < -0.39 is 0 Å². The summed E-state index contributed by atoms with van der Waals surface area (Å²) < 4.78 is 0.727. The third-order valence-corrected chi connectivity index (χ3v) is 5.47. The Labute approximate surface area is 135 Å². The predicted molar refractivity (Wildman–Crippen MR) is 93.1 cm³/mol. The molecule has 21 heavy (non-hydrogen) atoms. The zero-order valence-corrected chi connectivity index (χ0v) is 13.8. The highest BCUT2D eigenvalue weighted by molar-refractivity contribution is 8.26. The Hall–Kier alpha value is -1.13. The monoisotopic (exact) mass is 317 g/mol. The molecule has 0 N–H and O–H groups in total. The molecule has 1 amide bonds. The molecule has 0 aromatic heterocycles. The minimum atomic E-state index is 0.0949. The van der Waals surface area contributed by atoms with E-state index >= 15 is 0 Å². The smallest absolute Gasteiger partial charge is 0.266 e. The summed E-state index contributed by atoms with van der Waals surface area (Å²) in [5, 5.41) is 0. The number of hydrogen-bond acceptors (Lipinski definition) is 3. The summed E-state index contributed by atoms with van der Waals surface area (Å²) in [5.74, 6) is 0.0949. The Morgan fingerprint density at radius 3 is 2.52 bits per heavy atom. The van der Waals surface area contributed by atoms with Crippen LogP contribution < -0.4 is 0 Å². The summed E-state index contributed by atoms with van der Waals surface area (Å²) >= 11 is 6.88. The lowest BCUT2D eigenvalue weighted by Gasteiger charge is -2.29. The molecule has 110 valence electrons. The van der Waals surface area contributed by atoms with Gasteiger partial charge in [0.15, 0.2) is 0 Å². The van der Waals surface area contributed by atoms with Crippen molar-refractivity contribution in [3.63, 3.8) is 0 Å². The van der Waals surface area contributed by atoms with Gasteiger partial charge in [0.05, 0.1) is 4.91 Å². The van der Waals surface area contributed by atoms with Gasteiger partial charge in [-0.2, -0.15) is 0 Å². The molecular weight excluding hydrogens is 298 g/mol. The lowest BCUT2D eigenvalue weighted by molar-refractivity contribution is -0.124. The maximum absolute atomic E-state index is 12.6. The second-order valence-corrected chi connectivity index (χ2v) is 7.43. The SMILES string of the molecule is Cc1ccc(C=C2SC(=S)N(C3CCCCC3)C2=O)cc1. The number of hydrogen-bond donors (Lipinski definition) is 0. The molecule has 2 nitrogen and oxygen atoms in total. The number of thiocarbonyl (C=S) groups is 1. The first-order valence-electron chi connectivity index (χ1n) is 7.49. The number of rotatable bonds is 2. The van der Waals surface area contributed by atoms with Crippen LogP contribution in [0.3, 0.4) is 0 Å². The summed E-state index contributed by atoms with van der Waals surface area (Å²) in [7, 11) is 0. The largest absolute Gasteiger partial charge is 0.290 e. The molecule has 1 heterocycles. The fraction of sp³-hybridized carbons (Fsp3) is 0.412. The molecule has 2 aliphatic rings. The molecule has 0 spiro atoms. The average molecular weight is 317 g/mol. The van der Waals surface area contributed by atoms with Crippen LogP contribution in [0.2, 0.25) is 0 Å². The molecule has 1 aliphatic carbocycles. The third-order valence-electron chi connectivity index (χ3n) is 4.14. The summed E-state index contributed by atoms with van der Waals surface area (Å²) in [6, 6.07) is 8.53. The van der Waals surface area contributed by atoms with E-state index in [0.717, 1.165) is 27.6 Å². The molecule has 0 bridgehead atoms. The van der Waals surface area contributed by atoms with Gasteiger partial charge in [-0.1, -0.05) is 73.1 Å². The second-order valence-electron chi connectivity index (χ2n) is 5.75. The van der Waals surface area contributed by atoms with Gasteiger partial charge in [-0.25, -0.2) is 0 Å². The van der Waals surface area contributed by atoms with Crippen LogP contribution >= 0.6 is 24.0 Å². The molecule has 1 aromatic rings. The van der Waals surface area contributed by atoms with E-state index in [1.165, 1.54) is 36.6 Å². The van der Waals surface area contributed by atoms with Crippen molar-refractivity contribution < 1.29 is 4.79 Å². The van der Waals surface area contributed by atoms with E-state index in [4.69, 9.17) is 12.2 Å². The number of carbonyl (C=O) groups is 1. The van der Waals surface area contributed by atoms with Crippen molar-refractivity contribution in [2.45, 2.75) is 45.1 Å². The minimum Gasteiger partial charge on any atom is -0.290 e. The average Bonchev–Trinajstić information content (AvgIpc) is 2.77. The third kappa shape index (κ3) is 3.22. The van der Waals surface area contributed by atoms with E-state index in [-0.39, 0.29) is 5.91 Å². The Balaban J connectivity index is 1.80. The van der Waals surface area contributed by atoms with E-state index in [2.05, 4.69) is 19.1 Å². The number of nitrogens with zero attached hydrogens (tertiary/aromatic N) is 1. The van der Waals surface area contributed by atoms with Crippen LogP contribution in [0.5, 0.6) is 0 Å². The van der Waals surface area contributed by atoms with Gasteiger partial charge < -0.3 is 0 Å². The highest BCUT2D eigenvalue weighted by atomic mass is 32.2. The standard InChI is InChI=1S/C17H19NOS2/c1-12-7-9-13(10-8-12)11-15-16(19)18(17(20)21-15)14-5-3-2-4-6-14/h7-11,14H,2-6H2,1H3. The fourth-order valence-electron chi connectivity index (χ4n) is 2.95. The Bertz CT molecular complexity index is 585. The van der Waals surface area contributed by atoms with Gasteiger partial charge in [0.1, 0.15) is 4.32 Å². The van der Waals surface area contributed by atoms with Crippen molar-refractivity contribution in [1.29, 1.82) is 0 Å². The van der Waals surface area contributed by atoms with Crippen LogP contribution in [-0.4, -0.2) is 21.2 Å². The molecule has 1 aromatic carbocycles. The van der Waals surface area contributed by atoms with Gasteiger partial charge in [0.25, 0.3) is 5.91 Å². The summed E-state index contributed by atoms with van der Waals surface area (Å²) in [6.07, 6.45) is 7.83. The first-order chi connectivity index (χ1) is 10.1. The lowest BCUT2D eigenvalue weighted by atomic mass is 9.94. The first-order valence-corrected chi connectivity index (χ1v) is 8.71. The van der Waals surface area contributed by atoms with Crippen molar-refractivity contribution in [3.8, 4) is 0 Å². The molecule has 1 aliphatic heterocycles. The van der Waals surface area contributed by atoms with Crippen molar-refractivity contribution in [1.82, 2.24) is 4.90 Å². The molecule has 3 rings (SSSR count). The van der Waals surface area contributed by atoms with E-state index in [1.807, 2.05) is 23.1 Å². The van der Waals surface area contributed by atoms with Crippen LogP contribution in [0, 0.1) is 6.92 Å². The van der Waals surface area contributed by atoms with Gasteiger partial charge in [-0.15, -0.1) is 0 Å². The second kappa shape index (κ2) is 6.32. The van der Waals surface area contributed by atoms with Crippen LogP contribution in [0.4, 0.5) is 0 Å². The molecule has 2 fully saturated rings. The minimum absolute atomic E-state index is 0.0949. The molecular formula is C17H19NOS2. The van der Waals surface area contributed by atoms with Crippen molar-refractivity contribution >= 4 is 40.3 Å². The lowest BCUT2D eigenvalue weighted by Crippen LogP contribution is -2.39. The highest BCUT2D eigenvalue weighted by Crippen LogP contribution is 2.37. The summed E-state index contributed by atoms with van der Waals surface area (Å²) in [4.78, 5) is 15.3. The molecule has 0 radical (unpaired) electrons. The van der Waals surface area contributed by atoms with E-state index in [9.17, 15) is 4.79 Å². The molecule has 1 saturated heterocycles. The van der Waals surface area contributed by atoms with Gasteiger partial charge in [0, 0.05) is 6.04 Å². The van der Waals surface area contributed by atoms with Gasteiger partial charge in [-0.3, -0.25) is 9.69 Å². The maximum atomic E-state index is 12.6. The van der Waals surface area contributed by atoms with Crippen LogP contribution in [-0.2, 0) is 4.79 Å². The Morgan fingerprint density at radius 2 is 1.86 bits per heavy atom. The van der Waals surface area contributed by atoms with Crippen LogP contribution in [0.1, 0.15) is 43.2 Å². The highest BCUT2D eigenvalue weighted by Gasteiger charge is 2.37. The van der Waals surface area contributed by atoms with Crippen LogP contribution in [0.25, 0.3) is 6.08 Å². The topological polar surface area (TPSA) is 20.3 Å². The predicted octanol–water partition coefficient (Wildman–Crippen LogP) is 4.53. The van der Waals surface area contributed by atoms with Gasteiger partial charge in [-0.05, 0) is 31.4 Å². The number of carbonyl (C=O) groups excluding carboxylic acids is 1. The van der Waals surface area contributed by atoms with Crippen LogP contribution in [0.15, 0.2) is 29.2 Å². The number of aryl methyl sites for hydroxylation is 1. The maximum Gasteiger partial charge on any atom is 0.266 e. The van der Waals surface area contributed by atoms with Crippen molar-refractivity contribution in [2.24, 2.45) is 0 Å². The summed E-state index contributed by atoms with van der Waals surface area (Å²) in [5.41, 5.74) is 2.28. The molecule has 1 saturated carbocycles. The van der Waals surface area contributed by atoms with Crippen molar-refractivity contribution in [2.75, 3.05) is 0 Å². The molecule has 0 atom stereocenters. The normalized spacial score (nSPS) is 22.3. The number of amides is 1. The zero-order valence-electron chi connectivity index (χ0n) is 12.2. The first kappa shape index (κ1) is 14.8. The number of benzene rings is 1.